The summed E-state index contributed by atoms with van der Waals surface area (Å²) in [5, 5.41) is 8.87. The van der Waals surface area contributed by atoms with Crippen LogP contribution in [-0.4, -0.2) is 25.0 Å². The van der Waals surface area contributed by atoms with E-state index in [0.29, 0.717) is 24.6 Å². The molecule has 0 bridgehead atoms. The Hall–Kier alpha value is -3.02. The second-order valence-corrected chi connectivity index (χ2v) is 7.34. The van der Waals surface area contributed by atoms with Crippen LogP contribution in [0.2, 0.25) is 0 Å². The standard InChI is InChI=1S/C23H31N3O3/c1-5-22(27)26-21-11-7-10-20(17(21)4)24-15-23(28)25-18-8-6-9-19(14-18)29-13-12-16(2)3/h6-11,14,16,24H,5,12-13,15H2,1-4H3,(H,25,28)(H,26,27). The zero-order valence-electron chi connectivity index (χ0n) is 17.7. The molecule has 0 aliphatic rings. The van der Waals surface area contributed by atoms with Crippen molar-refractivity contribution in [1.82, 2.24) is 0 Å². The van der Waals surface area contributed by atoms with E-state index in [4.69, 9.17) is 4.74 Å². The van der Waals surface area contributed by atoms with E-state index in [1.165, 1.54) is 0 Å². The van der Waals surface area contributed by atoms with E-state index >= 15 is 0 Å². The van der Waals surface area contributed by atoms with Gasteiger partial charge in [0.2, 0.25) is 11.8 Å². The highest BCUT2D eigenvalue weighted by Crippen LogP contribution is 2.23. The van der Waals surface area contributed by atoms with E-state index in [0.717, 1.165) is 29.1 Å². The maximum Gasteiger partial charge on any atom is 0.243 e. The van der Waals surface area contributed by atoms with E-state index in [2.05, 4.69) is 29.8 Å². The summed E-state index contributed by atoms with van der Waals surface area (Å²) < 4.78 is 5.74. The quantitative estimate of drug-likeness (QED) is 0.537. The molecule has 2 amide bonds. The van der Waals surface area contributed by atoms with Crippen LogP contribution < -0.4 is 20.7 Å². The third kappa shape index (κ3) is 7.49. The lowest BCUT2D eigenvalue weighted by atomic mass is 10.1. The summed E-state index contributed by atoms with van der Waals surface area (Å²) in [6.45, 7) is 8.79. The lowest BCUT2D eigenvalue weighted by molar-refractivity contribution is -0.116. The summed E-state index contributed by atoms with van der Waals surface area (Å²) >= 11 is 0. The summed E-state index contributed by atoms with van der Waals surface area (Å²) in [6.07, 6.45) is 1.40. The Bertz CT molecular complexity index is 834. The third-order valence-corrected chi connectivity index (χ3v) is 4.45. The zero-order chi connectivity index (χ0) is 21.2. The van der Waals surface area contributed by atoms with Gasteiger partial charge in [-0.05, 0) is 49.1 Å². The fourth-order valence-corrected chi connectivity index (χ4v) is 2.66. The minimum atomic E-state index is -0.160. The van der Waals surface area contributed by atoms with Gasteiger partial charge in [0, 0.05) is 29.5 Å². The largest absolute Gasteiger partial charge is 0.494 e. The summed E-state index contributed by atoms with van der Waals surface area (Å²) in [5.74, 6) is 1.12. The molecule has 0 aromatic heterocycles. The number of carbonyl (C=O) groups excluding carboxylic acids is 2. The predicted molar refractivity (Wildman–Crippen MR) is 119 cm³/mol. The lowest BCUT2D eigenvalue weighted by Gasteiger charge is -2.14. The fourth-order valence-electron chi connectivity index (χ4n) is 2.66. The van der Waals surface area contributed by atoms with Crippen molar-refractivity contribution in [1.29, 1.82) is 0 Å². The molecule has 2 rings (SSSR count). The number of carbonyl (C=O) groups is 2. The first-order valence-corrected chi connectivity index (χ1v) is 10.0. The molecule has 156 valence electrons. The Kier molecular flexibility index (Phi) is 8.52. The minimum absolute atomic E-state index is 0.0431. The molecule has 29 heavy (non-hydrogen) atoms. The van der Waals surface area contributed by atoms with E-state index in [-0.39, 0.29) is 18.4 Å². The van der Waals surface area contributed by atoms with Gasteiger partial charge in [0.15, 0.2) is 0 Å². The van der Waals surface area contributed by atoms with Gasteiger partial charge in [0.1, 0.15) is 5.75 Å². The van der Waals surface area contributed by atoms with Crippen molar-refractivity contribution < 1.29 is 14.3 Å². The molecule has 2 aromatic rings. The topological polar surface area (TPSA) is 79.5 Å². The van der Waals surface area contributed by atoms with E-state index < -0.39 is 0 Å². The smallest absolute Gasteiger partial charge is 0.243 e. The predicted octanol–water partition coefficient (Wildman–Crippen LogP) is 4.82. The van der Waals surface area contributed by atoms with Crippen LogP contribution in [0.3, 0.4) is 0 Å². The van der Waals surface area contributed by atoms with Gasteiger partial charge in [-0.15, -0.1) is 0 Å². The van der Waals surface area contributed by atoms with Gasteiger partial charge in [-0.1, -0.05) is 32.9 Å². The van der Waals surface area contributed by atoms with Crippen LogP contribution >= 0.6 is 0 Å². The molecule has 0 saturated heterocycles. The second-order valence-electron chi connectivity index (χ2n) is 7.34. The van der Waals surface area contributed by atoms with Crippen molar-refractivity contribution in [2.75, 3.05) is 29.1 Å². The first-order chi connectivity index (χ1) is 13.9. The van der Waals surface area contributed by atoms with E-state index in [1.807, 2.05) is 56.3 Å². The van der Waals surface area contributed by atoms with Crippen molar-refractivity contribution in [3.8, 4) is 5.75 Å². The van der Waals surface area contributed by atoms with E-state index in [9.17, 15) is 9.59 Å². The van der Waals surface area contributed by atoms with Gasteiger partial charge in [-0.3, -0.25) is 9.59 Å². The summed E-state index contributed by atoms with van der Waals surface area (Å²) in [6, 6.07) is 13.0. The number of hydrogen-bond acceptors (Lipinski definition) is 4. The monoisotopic (exact) mass is 397 g/mol. The number of ether oxygens (including phenoxy) is 1. The number of benzene rings is 2. The SMILES string of the molecule is CCC(=O)Nc1cccc(NCC(=O)Nc2cccc(OCCC(C)C)c2)c1C. The average molecular weight is 398 g/mol. The van der Waals surface area contributed by atoms with Gasteiger partial charge in [0.25, 0.3) is 0 Å². The summed E-state index contributed by atoms with van der Waals surface area (Å²) in [4.78, 5) is 24.0. The minimum Gasteiger partial charge on any atom is -0.494 e. The number of rotatable bonds is 10. The highest BCUT2D eigenvalue weighted by Gasteiger charge is 2.09. The number of amides is 2. The van der Waals surface area contributed by atoms with Gasteiger partial charge >= 0.3 is 0 Å². The normalized spacial score (nSPS) is 10.5. The van der Waals surface area contributed by atoms with Gasteiger partial charge < -0.3 is 20.7 Å². The average Bonchev–Trinajstić information content (AvgIpc) is 2.68. The van der Waals surface area contributed by atoms with Crippen LogP contribution in [0.1, 0.15) is 39.2 Å². The molecule has 0 aliphatic carbocycles. The number of anilines is 3. The van der Waals surface area contributed by atoms with Crippen LogP contribution in [0.25, 0.3) is 0 Å². The molecule has 0 radical (unpaired) electrons. The molecule has 6 heteroatoms. The highest BCUT2D eigenvalue weighted by molar-refractivity contribution is 5.95. The van der Waals surface area contributed by atoms with E-state index in [1.54, 1.807) is 0 Å². The number of hydrogen-bond donors (Lipinski definition) is 3. The van der Waals surface area contributed by atoms with Crippen LogP contribution in [0.5, 0.6) is 5.75 Å². The molecular weight excluding hydrogens is 366 g/mol. The molecule has 0 unspecified atom stereocenters. The van der Waals surface area contributed by atoms with Crippen LogP contribution in [0.4, 0.5) is 17.1 Å². The molecule has 0 saturated carbocycles. The lowest BCUT2D eigenvalue weighted by Crippen LogP contribution is -2.22. The van der Waals surface area contributed by atoms with Crippen LogP contribution in [0, 0.1) is 12.8 Å². The molecule has 2 aromatic carbocycles. The van der Waals surface area contributed by atoms with Crippen LogP contribution in [0.15, 0.2) is 42.5 Å². The Balaban J connectivity index is 1.90. The van der Waals surface area contributed by atoms with Gasteiger partial charge in [0.05, 0.1) is 13.2 Å². The Morgan fingerprint density at radius 3 is 2.45 bits per heavy atom. The summed E-state index contributed by atoms with van der Waals surface area (Å²) in [7, 11) is 0. The van der Waals surface area contributed by atoms with Crippen molar-refractivity contribution in [2.24, 2.45) is 5.92 Å². The molecule has 0 aliphatic heterocycles. The molecule has 6 nitrogen and oxygen atoms in total. The first kappa shape index (κ1) is 22.3. The molecule has 0 fully saturated rings. The number of nitrogens with one attached hydrogen (secondary N) is 3. The maximum absolute atomic E-state index is 12.3. The fraction of sp³-hybridized carbons (Fsp3) is 0.391. The Morgan fingerprint density at radius 2 is 1.72 bits per heavy atom. The molecule has 0 heterocycles. The van der Waals surface area contributed by atoms with Crippen LogP contribution in [-0.2, 0) is 9.59 Å². The Labute approximate surface area is 173 Å². The first-order valence-electron chi connectivity index (χ1n) is 10.0. The van der Waals surface area contributed by atoms with Crippen molar-refractivity contribution in [3.05, 3.63) is 48.0 Å². The molecule has 3 N–H and O–H groups in total. The highest BCUT2D eigenvalue weighted by atomic mass is 16.5. The Morgan fingerprint density at radius 1 is 1.00 bits per heavy atom. The van der Waals surface area contributed by atoms with Crippen molar-refractivity contribution in [3.63, 3.8) is 0 Å². The van der Waals surface area contributed by atoms with Gasteiger partial charge in [-0.2, -0.15) is 0 Å². The van der Waals surface area contributed by atoms with Crippen molar-refractivity contribution >= 4 is 28.9 Å². The zero-order valence-corrected chi connectivity index (χ0v) is 17.7. The molecule has 0 atom stereocenters. The molecule has 0 spiro atoms. The third-order valence-electron chi connectivity index (χ3n) is 4.45. The maximum atomic E-state index is 12.3. The van der Waals surface area contributed by atoms with Crippen molar-refractivity contribution in [2.45, 2.75) is 40.5 Å². The molecular formula is C23H31N3O3. The summed E-state index contributed by atoms with van der Waals surface area (Å²) in [5.41, 5.74) is 3.13. The van der Waals surface area contributed by atoms with Gasteiger partial charge in [-0.25, -0.2) is 0 Å². The second kappa shape index (κ2) is 11.1.